The van der Waals surface area contributed by atoms with Crippen molar-refractivity contribution in [3.8, 4) is 0 Å². The quantitative estimate of drug-likeness (QED) is 0.894. The van der Waals surface area contributed by atoms with E-state index in [0.29, 0.717) is 10.2 Å². The van der Waals surface area contributed by atoms with Gasteiger partial charge in [-0.05, 0) is 12.8 Å². The largest absolute Gasteiger partial charge is 0.481 e. The Morgan fingerprint density at radius 1 is 1.50 bits per heavy atom. The molecule has 7 heteroatoms. The molecule has 0 aliphatic heterocycles. The standard InChI is InChI=1S/C11H11ClN2O3S/c12-6-1-2-7(10(16)17)8(5-6)9(15)14-11-13-3-4-18-11/h1,3-4,7-8H,2,5H2,(H,16,17)(H,13,14,15). The van der Waals surface area contributed by atoms with Crippen molar-refractivity contribution < 1.29 is 14.7 Å². The lowest BCUT2D eigenvalue weighted by Crippen LogP contribution is -2.35. The number of aliphatic carboxylic acids is 1. The van der Waals surface area contributed by atoms with Gasteiger partial charge in [-0.3, -0.25) is 9.59 Å². The number of nitrogens with zero attached hydrogens (tertiary/aromatic N) is 1. The predicted octanol–water partition coefficient (Wildman–Crippen LogP) is 2.32. The van der Waals surface area contributed by atoms with Crippen LogP contribution in [0, 0.1) is 11.8 Å². The zero-order valence-electron chi connectivity index (χ0n) is 9.30. The van der Waals surface area contributed by atoms with Gasteiger partial charge < -0.3 is 10.4 Å². The first-order chi connectivity index (χ1) is 8.58. The van der Waals surface area contributed by atoms with Crippen molar-refractivity contribution in [2.45, 2.75) is 12.8 Å². The van der Waals surface area contributed by atoms with Gasteiger partial charge in [0.25, 0.3) is 0 Å². The summed E-state index contributed by atoms with van der Waals surface area (Å²) in [4.78, 5) is 27.1. The van der Waals surface area contributed by atoms with Gasteiger partial charge >= 0.3 is 5.97 Å². The second kappa shape index (κ2) is 5.49. The number of aromatic nitrogens is 1. The highest BCUT2D eigenvalue weighted by molar-refractivity contribution is 7.13. The molecule has 1 amide bonds. The zero-order valence-corrected chi connectivity index (χ0v) is 10.9. The summed E-state index contributed by atoms with van der Waals surface area (Å²) in [6.07, 6.45) is 3.77. The number of anilines is 1. The summed E-state index contributed by atoms with van der Waals surface area (Å²) in [7, 11) is 0. The van der Waals surface area contributed by atoms with Gasteiger partial charge in [0.2, 0.25) is 5.91 Å². The lowest BCUT2D eigenvalue weighted by molar-refractivity contribution is -0.146. The molecule has 2 rings (SSSR count). The number of carboxylic acid groups (broad SMARTS) is 1. The van der Waals surface area contributed by atoms with Gasteiger partial charge in [-0.25, -0.2) is 4.98 Å². The topological polar surface area (TPSA) is 79.3 Å². The van der Waals surface area contributed by atoms with E-state index >= 15 is 0 Å². The maximum absolute atomic E-state index is 12.0. The molecule has 1 heterocycles. The molecule has 1 aliphatic carbocycles. The van der Waals surface area contributed by atoms with Crippen LogP contribution in [0.3, 0.4) is 0 Å². The molecular formula is C11H11ClN2O3S. The van der Waals surface area contributed by atoms with E-state index in [9.17, 15) is 9.59 Å². The summed E-state index contributed by atoms with van der Waals surface area (Å²) in [6.45, 7) is 0. The molecule has 0 bridgehead atoms. The first-order valence-corrected chi connectivity index (χ1v) is 6.61. The molecule has 2 atom stereocenters. The van der Waals surface area contributed by atoms with Crippen molar-refractivity contribution in [2.75, 3.05) is 5.32 Å². The van der Waals surface area contributed by atoms with Crippen molar-refractivity contribution in [3.05, 3.63) is 22.7 Å². The van der Waals surface area contributed by atoms with Crippen molar-refractivity contribution in [1.29, 1.82) is 0 Å². The number of hydrogen-bond donors (Lipinski definition) is 2. The van der Waals surface area contributed by atoms with Crippen LogP contribution in [-0.4, -0.2) is 22.0 Å². The lowest BCUT2D eigenvalue weighted by Gasteiger charge is -2.25. The third-order valence-corrected chi connectivity index (χ3v) is 3.81. The van der Waals surface area contributed by atoms with Crippen molar-refractivity contribution in [2.24, 2.45) is 11.8 Å². The van der Waals surface area contributed by atoms with E-state index in [4.69, 9.17) is 16.7 Å². The molecule has 0 radical (unpaired) electrons. The number of thiazole rings is 1. The fourth-order valence-corrected chi connectivity index (χ4v) is 2.67. The van der Waals surface area contributed by atoms with E-state index in [1.165, 1.54) is 11.3 Å². The number of nitrogens with one attached hydrogen (secondary N) is 1. The molecule has 1 aromatic rings. The van der Waals surface area contributed by atoms with Crippen LogP contribution >= 0.6 is 22.9 Å². The molecule has 0 aromatic carbocycles. The average molecular weight is 287 g/mol. The van der Waals surface area contributed by atoms with E-state index < -0.39 is 17.8 Å². The van der Waals surface area contributed by atoms with Crippen LogP contribution in [0.25, 0.3) is 0 Å². The summed E-state index contributed by atoms with van der Waals surface area (Å²) in [5, 5.41) is 14.5. The predicted molar refractivity (Wildman–Crippen MR) is 68.5 cm³/mol. The molecular weight excluding hydrogens is 276 g/mol. The number of amides is 1. The van der Waals surface area contributed by atoms with Gasteiger partial charge in [0.15, 0.2) is 5.13 Å². The minimum absolute atomic E-state index is 0.260. The van der Waals surface area contributed by atoms with E-state index in [1.807, 2.05) is 0 Å². The third-order valence-electron chi connectivity index (χ3n) is 2.81. The second-order valence-corrected chi connectivity index (χ2v) is 5.35. The Balaban J connectivity index is 2.11. The minimum atomic E-state index is -0.977. The second-order valence-electron chi connectivity index (χ2n) is 3.97. The van der Waals surface area contributed by atoms with E-state index in [0.717, 1.165) is 0 Å². The highest BCUT2D eigenvalue weighted by atomic mass is 35.5. The third kappa shape index (κ3) is 2.88. The summed E-state index contributed by atoms with van der Waals surface area (Å²) in [6, 6.07) is 0. The van der Waals surface area contributed by atoms with Crippen molar-refractivity contribution in [3.63, 3.8) is 0 Å². The number of hydrogen-bond acceptors (Lipinski definition) is 4. The van der Waals surface area contributed by atoms with Gasteiger partial charge in [0, 0.05) is 16.6 Å². The molecule has 1 aliphatic rings. The molecule has 0 spiro atoms. The molecule has 2 N–H and O–H groups in total. The Hall–Kier alpha value is -1.40. The van der Waals surface area contributed by atoms with Crippen LogP contribution in [0.2, 0.25) is 0 Å². The maximum Gasteiger partial charge on any atom is 0.307 e. The number of halogens is 1. The summed E-state index contributed by atoms with van der Waals surface area (Å²) in [5.41, 5.74) is 0. The molecule has 2 unspecified atom stereocenters. The number of rotatable bonds is 3. The maximum atomic E-state index is 12.0. The first kappa shape index (κ1) is 13.0. The molecule has 18 heavy (non-hydrogen) atoms. The zero-order chi connectivity index (χ0) is 13.1. The van der Waals surface area contributed by atoms with Crippen LogP contribution in [0.15, 0.2) is 22.7 Å². The average Bonchev–Trinajstić information content (AvgIpc) is 2.81. The number of carboxylic acids is 1. The lowest BCUT2D eigenvalue weighted by atomic mass is 9.82. The molecule has 0 saturated carbocycles. The summed E-state index contributed by atoms with van der Waals surface area (Å²) in [5.74, 6) is -2.70. The van der Waals surface area contributed by atoms with Crippen LogP contribution in [0.5, 0.6) is 0 Å². The van der Waals surface area contributed by atoms with E-state index in [1.54, 1.807) is 17.7 Å². The molecule has 5 nitrogen and oxygen atoms in total. The fourth-order valence-electron chi connectivity index (χ4n) is 1.89. The number of carbonyl (C=O) groups is 2. The van der Waals surface area contributed by atoms with Crippen molar-refractivity contribution >= 4 is 39.9 Å². The summed E-state index contributed by atoms with van der Waals surface area (Å²) < 4.78 is 0. The van der Waals surface area contributed by atoms with Crippen LogP contribution in [-0.2, 0) is 9.59 Å². The van der Waals surface area contributed by atoms with Crippen LogP contribution in [0.1, 0.15) is 12.8 Å². The van der Waals surface area contributed by atoms with Crippen LogP contribution in [0.4, 0.5) is 5.13 Å². The molecule has 1 aromatic heterocycles. The van der Waals surface area contributed by atoms with Crippen LogP contribution < -0.4 is 5.32 Å². The van der Waals surface area contributed by atoms with Gasteiger partial charge in [0.1, 0.15) is 0 Å². The summed E-state index contributed by atoms with van der Waals surface area (Å²) >= 11 is 7.17. The monoisotopic (exact) mass is 286 g/mol. The van der Waals surface area contributed by atoms with Crippen molar-refractivity contribution in [1.82, 2.24) is 4.98 Å². The van der Waals surface area contributed by atoms with E-state index in [2.05, 4.69) is 10.3 Å². The Kier molecular flexibility index (Phi) is 3.98. The number of carbonyl (C=O) groups excluding carboxylic acids is 1. The Bertz CT molecular complexity index is 486. The Labute approximate surface area is 112 Å². The SMILES string of the molecule is O=C(O)C1CC=C(Cl)CC1C(=O)Nc1nccs1. The normalized spacial score (nSPS) is 23.3. The van der Waals surface area contributed by atoms with Gasteiger partial charge in [-0.1, -0.05) is 17.7 Å². The highest BCUT2D eigenvalue weighted by Gasteiger charge is 2.36. The highest BCUT2D eigenvalue weighted by Crippen LogP contribution is 2.32. The molecule has 0 saturated heterocycles. The smallest absolute Gasteiger partial charge is 0.307 e. The number of allylic oxidation sites excluding steroid dienone is 2. The molecule has 96 valence electrons. The first-order valence-electron chi connectivity index (χ1n) is 5.35. The Morgan fingerprint density at radius 3 is 2.89 bits per heavy atom. The Morgan fingerprint density at radius 2 is 2.28 bits per heavy atom. The van der Waals surface area contributed by atoms with Gasteiger partial charge in [-0.2, -0.15) is 0 Å². The fraction of sp³-hybridized carbons (Fsp3) is 0.364. The van der Waals surface area contributed by atoms with E-state index in [-0.39, 0.29) is 18.7 Å². The van der Waals surface area contributed by atoms with Gasteiger partial charge in [0.05, 0.1) is 11.8 Å². The molecule has 0 fully saturated rings. The minimum Gasteiger partial charge on any atom is -0.481 e. The van der Waals surface area contributed by atoms with Gasteiger partial charge in [-0.15, -0.1) is 11.3 Å².